The number of piperidine rings is 1. The van der Waals surface area contributed by atoms with Gasteiger partial charge in [0.15, 0.2) is 0 Å². The van der Waals surface area contributed by atoms with Crippen LogP contribution in [0.2, 0.25) is 0 Å². The van der Waals surface area contributed by atoms with Gasteiger partial charge in [0.25, 0.3) is 0 Å². The first-order valence-corrected chi connectivity index (χ1v) is 7.81. The second-order valence-corrected chi connectivity index (χ2v) is 5.96. The van der Waals surface area contributed by atoms with Crippen LogP contribution < -0.4 is 5.32 Å². The van der Waals surface area contributed by atoms with Crippen LogP contribution in [0.15, 0.2) is 0 Å². The van der Waals surface area contributed by atoms with Crippen molar-refractivity contribution in [3.05, 3.63) is 0 Å². The lowest BCUT2D eigenvalue weighted by atomic mass is 9.77. The van der Waals surface area contributed by atoms with Crippen molar-refractivity contribution < 1.29 is 4.79 Å². The fourth-order valence-electron chi connectivity index (χ4n) is 3.32. The van der Waals surface area contributed by atoms with E-state index in [1.54, 1.807) is 0 Å². The number of amides is 1. The SMILES string of the molecule is CCC1(C(=O)N2CCN(CCC#N)CC2)CCCNC1. The summed E-state index contributed by atoms with van der Waals surface area (Å²) in [5.41, 5.74) is -0.174. The van der Waals surface area contributed by atoms with Crippen LogP contribution in [0.4, 0.5) is 0 Å². The van der Waals surface area contributed by atoms with Crippen LogP contribution in [0.3, 0.4) is 0 Å². The first-order valence-electron chi connectivity index (χ1n) is 7.81. The molecule has 0 radical (unpaired) electrons. The summed E-state index contributed by atoms with van der Waals surface area (Å²) in [6, 6.07) is 2.19. The molecule has 2 aliphatic heterocycles. The van der Waals surface area contributed by atoms with Crippen molar-refractivity contribution in [2.75, 3.05) is 45.8 Å². The molecule has 1 atom stereocenters. The van der Waals surface area contributed by atoms with Crippen LogP contribution in [0.5, 0.6) is 0 Å². The van der Waals surface area contributed by atoms with Crippen molar-refractivity contribution in [2.24, 2.45) is 5.41 Å². The van der Waals surface area contributed by atoms with E-state index in [9.17, 15) is 4.79 Å². The Kier molecular flexibility index (Phi) is 5.38. The van der Waals surface area contributed by atoms with E-state index in [0.29, 0.717) is 12.3 Å². The number of carbonyl (C=O) groups excluding carboxylic acids is 1. The minimum Gasteiger partial charge on any atom is -0.340 e. The van der Waals surface area contributed by atoms with Gasteiger partial charge in [-0.3, -0.25) is 9.69 Å². The molecular formula is C15H26N4O. The summed E-state index contributed by atoms with van der Waals surface area (Å²) >= 11 is 0. The number of carbonyl (C=O) groups is 1. The molecule has 2 fully saturated rings. The average Bonchev–Trinajstić information content (AvgIpc) is 2.53. The molecule has 20 heavy (non-hydrogen) atoms. The normalized spacial score (nSPS) is 28.1. The first-order chi connectivity index (χ1) is 9.72. The van der Waals surface area contributed by atoms with Crippen LogP contribution in [0.1, 0.15) is 32.6 Å². The smallest absolute Gasteiger partial charge is 0.230 e. The van der Waals surface area contributed by atoms with E-state index in [2.05, 4.69) is 23.2 Å². The van der Waals surface area contributed by atoms with Crippen molar-refractivity contribution in [1.29, 1.82) is 5.26 Å². The maximum Gasteiger partial charge on any atom is 0.230 e. The number of piperazine rings is 1. The molecule has 0 spiro atoms. The lowest BCUT2D eigenvalue weighted by Crippen LogP contribution is -2.56. The van der Waals surface area contributed by atoms with Gasteiger partial charge in [-0.15, -0.1) is 0 Å². The Balaban J connectivity index is 1.89. The van der Waals surface area contributed by atoms with E-state index >= 15 is 0 Å². The highest BCUT2D eigenvalue weighted by atomic mass is 16.2. The minimum absolute atomic E-state index is 0.174. The molecule has 2 heterocycles. The van der Waals surface area contributed by atoms with E-state index in [1.807, 2.05) is 4.90 Å². The predicted octanol–water partition coefficient (Wildman–Crippen LogP) is 0.824. The summed E-state index contributed by atoms with van der Waals surface area (Å²) in [6.07, 6.45) is 3.62. The fourth-order valence-corrected chi connectivity index (χ4v) is 3.32. The maximum atomic E-state index is 12.8. The van der Waals surface area contributed by atoms with Crippen LogP contribution in [-0.4, -0.2) is 61.5 Å². The topological polar surface area (TPSA) is 59.4 Å². The molecule has 0 aromatic heterocycles. The van der Waals surface area contributed by atoms with E-state index in [1.165, 1.54) is 0 Å². The summed E-state index contributed by atoms with van der Waals surface area (Å²) in [5, 5.41) is 12.0. The third-order valence-corrected chi connectivity index (χ3v) is 4.80. The summed E-state index contributed by atoms with van der Waals surface area (Å²) in [5.74, 6) is 0.340. The Labute approximate surface area is 121 Å². The number of nitrogens with one attached hydrogen (secondary N) is 1. The molecule has 5 nitrogen and oxygen atoms in total. The Bertz CT molecular complexity index is 363. The lowest BCUT2D eigenvalue weighted by molar-refractivity contribution is -0.145. The predicted molar refractivity (Wildman–Crippen MR) is 78.1 cm³/mol. The molecular weight excluding hydrogens is 252 g/mol. The summed E-state index contributed by atoms with van der Waals surface area (Å²) in [4.78, 5) is 17.2. The van der Waals surface area contributed by atoms with E-state index in [0.717, 1.165) is 65.1 Å². The fraction of sp³-hybridized carbons (Fsp3) is 0.867. The lowest BCUT2D eigenvalue weighted by Gasteiger charge is -2.42. The number of hydrogen-bond acceptors (Lipinski definition) is 4. The largest absolute Gasteiger partial charge is 0.340 e. The monoisotopic (exact) mass is 278 g/mol. The molecule has 5 heteroatoms. The number of nitriles is 1. The molecule has 112 valence electrons. The molecule has 0 aromatic carbocycles. The zero-order valence-corrected chi connectivity index (χ0v) is 12.5. The van der Waals surface area contributed by atoms with E-state index in [4.69, 9.17) is 5.26 Å². The number of hydrogen-bond donors (Lipinski definition) is 1. The van der Waals surface area contributed by atoms with Crippen LogP contribution >= 0.6 is 0 Å². The Morgan fingerprint density at radius 2 is 2.10 bits per heavy atom. The molecule has 0 bridgehead atoms. The van der Waals surface area contributed by atoms with E-state index in [-0.39, 0.29) is 5.41 Å². The van der Waals surface area contributed by atoms with Crippen molar-refractivity contribution in [3.8, 4) is 6.07 Å². The third kappa shape index (κ3) is 3.31. The van der Waals surface area contributed by atoms with Gasteiger partial charge in [-0.05, 0) is 25.8 Å². The minimum atomic E-state index is -0.174. The van der Waals surface area contributed by atoms with Gasteiger partial charge in [-0.25, -0.2) is 0 Å². The van der Waals surface area contributed by atoms with Crippen LogP contribution in [0, 0.1) is 16.7 Å². The Morgan fingerprint density at radius 1 is 1.35 bits per heavy atom. The van der Waals surface area contributed by atoms with Gasteiger partial charge in [0.1, 0.15) is 0 Å². The molecule has 2 aliphatic rings. The third-order valence-electron chi connectivity index (χ3n) is 4.80. The van der Waals surface area contributed by atoms with Gasteiger partial charge in [0, 0.05) is 45.7 Å². The van der Waals surface area contributed by atoms with Crippen molar-refractivity contribution in [3.63, 3.8) is 0 Å². The van der Waals surface area contributed by atoms with Gasteiger partial charge >= 0.3 is 0 Å². The zero-order valence-electron chi connectivity index (χ0n) is 12.5. The van der Waals surface area contributed by atoms with Crippen molar-refractivity contribution in [1.82, 2.24) is 15.1 Å². The molecule has 2 saturated heterocycles. The highest BCUT2D eigenvalue weighted by Gasteiger charge is 2.41. The Hall–Kier alpha value is -1.12. The van der Waals surface area contributed by atoms with Crippen molar-refractivity contribution >= 4 is 5.91 Å². The first kappa shape index (κ1) is 15.3. The average molecular weight is 278 g/mol. The second kappa shape index (κ2) is 7.05. The molecule has 0 aromatic rings. The zero-order chi connectivity index (χ0) is 14.4. The molecule has 0 aliphatic carbocycles. The summed E-state index contributed by atoms with van der Waals surface area (Å²) in [7, 11) is 0. The van der Waals surface area contributed by atoms with Crippen LogP contribution in [-0.2, 0) is 4.79 Å². The quantitative estimate of drug-likeness (QED) is 0.827. The number of nitrogens with zero attached hydrogens (tertiary/aromatic N) is 3. The number of rotatable bonds is 4. The standard InChI is InChI=1S/C15H26N4O/c1-2-15(5-3-7-17-13-15)14(20)19-11-9-18(10-12-19)8-4-6-16/h17H,2-5,7-13H2,1H3. The highest BCUT2D eigenvalue weighted by Crippen LogP contribution is 2.32. The summed E-state index contributed by atoms with van der Waals surface area (Å²) in [6.45, 7) is 8.26. The summed E-state index contributed by atoms with van der Waals surface area (Å²) < 4.78 is 0. The second-order valence-electron chi connectivity index (χ2n) is 5.96. The van der Waals surface area contributed by atoms with E-state index < -0.39 is 0 Å². The molecule has 1 N–H and O–H groups in total. The van der Waals surface area contributed by atoms with Crippen LogP contribution in [0.25, 0.3) is 0 Å². The van der Waals surface area contributed by atoms with Crippen molar-refractivity contribution in [2.45, 2.75) is 32.6 Å². The molecule has 1 unspecified atom stereocenters. The molecule has 0 saturated carbocycles. The van der Waals surface area contributed by atoms with Gasteiger partial charge < -0.3 is 10.2 Å². The Morgan fingerprint density at radius 3 is 2.65 bits per heavy atom. The maximum absolute atomic E-state index is 12.8. The van der Waals surface area contributed by atoms with Gasteiger partial charge in [0.2, 0.25) is 5.91 Å². The van der Waals surface area contributed by atoms with Gasteiger partial charge in [0.05, 0.1) is 11.5 Å². The molecule has 2 rings (SSSR count). The van der Waals surface area contributed by atoms with Gasteiger partial charge in [-0.2, -0.15) is 5.26 Å². The molecule has 1 amide bonds. The highest BCUT2D eigenvalue weighted by molar-refractivity contribution is 5.83. The van der Waals surface area contributed by atoms with Gasteiger partial charge in [-0.1, -0.05) is 6.92 Å².